The molecule has 25 heavy (non-hydrogen) atoms. The Morgan fingerprint density at radius 3 is 2.96 bits per heavy atom. The fourth-order valence-electron chi connectivity index (χ4n) is 3.12. The predicted molar refractivity (Wildman–Crippen MR) is 91.9 cm³/mol. The molecule has 0 radical (unpaired) electrons. The number of amides is 1. The molecule has 1 amide bonds. The Morgan fingerprint density at radius 2 is 2.16 bits per heavy atom. The van der Waals surface area contributed by atoms with Crippen LogP contribution in [0, 0.1) is 0 Å². The summed E-state index contributed by atoms with van der Waals surface area (Å²) in [4.78, 5) is 17.0. The van der Waals surface area contributed by atoms with Crippen molar-refractivity contribution in [2.75, 3.05) is 7.11 Å². The van der Waals surface area contributed by atoms with Crippen molar-refractivity contribution in [3.05, 3.63) is 60.4 Å². The number of rotatable bonds is 4. The molecule has 1 aliphatic heterocycles. The van der Waals surface area contributed by atoms with Crippen LogP contribution in [0.2, 0.25) is 0 Å². The number of hydrogen-bond donors (Lipinski definition) is 1. The van der Waals surface area contributed by atoms with Crippen molar-refractivity contribution in [1.82, 2.24) is 24.6 Å². The molecule has 0 aliphatic carbocycles. The van der Waals surface area contributed by atoms with E-state index in [2.05, 4.69) is 20.0 Å². The predicted octanol–water partition coefficient (Wildman–Crippen LogP) is 1.82. The number of methoxy groups -OCH3 is 1. The van der Waals surface area contributed by atoms with Crippen LogP contribution < -0.4 is 10.1 Å². The van der Waals surface area contributed by atoms with Crippen molar-refractivity contribution in [3.8, 4) is 11.4 Å². The summed E-state index contributed by atoms with van der Waals surface area (Å²) in [6.45, 7) is 0.725. The highest BCUT2D eigenvalue weighted by Crippen LogP contribution is 2.20. The molecule has 0 unspecified atom stereocenters. The van der Waals surface area contributed by atoms with Crippen LogP contribution in [0.1, 0.15) is 22.7 Å². The maximum atomic E-state index is 12.7. The van der Waals surface area contributed by atoms with Gasteiger partial charge in [0.05, 0.1) is 19.0 Å². The average Bonchev–Trinajstić information content (AvgIpc) is 3.28. The van der Waals surface area contributed by atoms with Crippen molar-refractivity contribution in [1.29, 1.82) is 0 Å². The van der Waals surface area contributed by atoms with E-state index in [0.717, 1.165) is 30.9 Å². The minimum atomic E-state index is -0.222. The zero-order chi connectivity index (χ0) is 17.2. The number of aryl methyl sites for hydroxylation is 1. The second-order valence-corrected chi connectivity index (χ2v) is 6.03. The van der Waals surface area contributed by atoms with Gasteiger partial charge < -0.3 is 14.6 Å². The first-order valence-corrected chi connectivity index (χ1v) is 8.24. The number of nitrogens with zero attached hydrogens (tertiary/aromatic N) is 4. The third-order valence-electron chi connectivity index (χ3n) is 4.41. The molecule has 7 heteroatoms. The highest BCUT2D eigenvalue weighted by molar-refractivity contribution is 5.95. The molecule has 1 aliphatic rings. The van der Waals surface area contributed by atoms with Crippen LogP contribution in [-0.4, -0.2) is 38.4 Å². The van der Waals surface area contributed by atoms with Crippen molar-refractivity contribution in [2.45, 2.75) is 25.4 Å². The number of aromatic nitrogens is 4. The average molecular weight is 337 g/mol. The van der Waals surface area contributed by atoms with Gasteiger partial charge in [0.25, 0.3) is 5.91 Å². The number of nitrogens with one attached hydrogen (secondary N) is 1. The minimum Gasteiger partial charge on any atom is -0.493 e. The number of carbonyl (C=O) groups is 1. The number of fused-ring (bicyclic) bond motifs is 1. The van der Waals surface area contributed by atoms with Gasteiger partial charge in [0, 0.05) is 31.4 Å². The molecule has 3 heterocycles. The van der Waals surface area contributed by atoms with Gasteiger partial charge in [-0.2, -0.15) is 5.10 Å². The topological polar surface area (TPSA) is 74.0 Å². The maximum Gasteiger partial charge on any atom is 0.275 e. The first-order chi connectivity index (χ1) is 12.2. The maximum absolute atomic E-state index is 12.7. The van der Waals surface area contributed by atoms with E-state index in [1.54, 1.807) is 24.2 Å². The molecule has 0 spiro atoms. The molecule has 4 rings (SSSR count). The fraction of sp³-hybridized carbons (Fsp3) is 0.278. The smallest absolute Gasteiger partial charge is 0.275 e. The molecule has 0 bridgehead atoms. The van der Waals surface area contributed by atoms with E-state index >= 15 is 0 Å². The summed E-state index contributed by atoms with van der Waals surface area (Å²) < 4.78 is 9.08. The highest BCUT2D eigenvalue weighted by atomic mass is 16.5. The van der Waals surface area contributed by atoms with Gasteiger partial charge in [0.1, 0.15) is 5.82 Å². The molecule has 0 saturated carbocycles. The Balaban J connectivity index is 1.53. The van der Waals surface area contributed by atoms with Crippen molar-refractivity contribution >= 4 is 5.91 Å². The molecule has 7 nitrogen and oxygen atoms in total. The van der Waals surface area contributed by atoms with Gasteiger partial charge in [0.2, 0.25) is 0 Å². The van der Waals surface area contributed by atoms with Crippen molar-refractivity contribution in [2.24, 2.45) is 0 Å². The van der Waals surface area contributed by atoms with E-state index < -0.39 is 0 Å². The Hall–Kier alpha value is -3.09. The van der Waals surface area contributed by atoms with Gasteiger partial charge >= 0.3 is 0 Å². The summed E-state index contributed by atoms with van der Waals surface area (Å²) in [6, 6.07) is 9.69. The third-order valence-corrected chi connectivity index (χ3v) is 4.41. The monoisotopic (exact) mass is 337 g/mol. The number of para-hydroxylation sites is 1. The second-order valence-electron chi connectivity index (χ2n) is 6.03. The molecule has 1 aromatic carbocycles. The SMILES string of the molecule is COc1cn(-c2ccccc2)nc1C(=O)N[C@@H]1CCc2nccn2C1. The third kappa shape index (κ3) is 3.00. The fourth-order valence-corrected chi connectivity index (χ4v) is 3.12. The molecule has 3 aromatic rings. The number of hydrogen-bond acceptors (Lipinski definition) is 4. The van der Waals surface area contributed by atoms with E-state index in [9.17, 15) is 4.79 Å². The summed E-state index contributed by atoms with van der Waals surface area (Å²) in [7, 11) is 1.54. The lowest BCUT2D eigenvalue weighted by Gasteiger charge is -2.24. The quantitative estimate of drug-likeness (QED) is 0.788. The Labute approximate surface area is 145 Å². The molecular weight excluding hydrogens is 318 g/mol. The zero-order valence-electron chi connectivity index (χ0n) is 13.9. The van der Waals surface area contributed by atoms with E-state index in [1.165, 1.54) is 0 Å². The largest absolute Gasteiger partial charge is 0.493 e. The summed E-state index contributed by atoms with van der Waals surface area (Å²) in [6.07, 6.45) is 7.18. The summed E-state index contributed by atoms with van der Waals surface area (Å²) in [5, 5.41) is 7.47. The van der Waals surface area contributed by atoms with Crippen LogP contribution in [-0.2, 0) is 13.0 Å². The van der Waals surface area contributed by atoms with Crippen LogP contribution in [0.4, 0.5) is 0 Å². The minimum absolute atomic E-state index is 0.0563. The number of imidazole rings is 1. The molecular formula is C18H19N5O2. The second kappa shape index (κ2) is 6.43. The van der Waals surface area contributed by atoms with Crippen LogP contribution in [0.15, 0.2) is 48.9 Å². The van der Waals surface area contributed by atoms with Gasteiger partial charge in [0.15, 0.2) is 11.4 Å². The lowest BCUT2D eigenvalue weighted by atomic mass is 10.1. The number of carbonyl (C=O) groups excluding carboxylic acids is 1. The van der Waals surface area contributed by atoms with Crippen LogP contribution >= 0.6 is 0 Å². The van der Waals surface area contributed by atoms with E-state index in [1.807, 2.05) is 36.5 Å². The van der Waals surface area contributed by atoms with Gasteiger partial charge in [-0.1, -0.05) is 18.2 Å². The number of ether oxygens (including phenoxy) is 1. The van der Waals surface area contributed by atoms with Crippen LogP contribution in [0.3, 0.4) is 0 Å². The first-order valence-electron chi connectivity index (χ1n) is 8.24. The Morgan fingerprint density at radius 1 is 1.32 bits per heavy atom. The van der Waals surface area contributed by atoms with Gasteiger partial charge in [-0.25, -0.2) is 9.67 Å². The standard InChI is InChI=1S/C18H19N5O2/c1-25-15-12-23(14-5-3-2-4-6-14)21-17(15)18(24)20-13-7-8-16-19-9-10-22(16)11-13/h2-6,9-10,12-13H,7-8,11H2,1H3,(H,20,24)/t13-/m1/s1. The Bertz CT molecular complexity index is 884. The lowest BCUT2D eigenvalue weighted by Crippen LogP contribution is -2.41. The lowest BCUT2D eigenvalue weighted by molar-refractivity contribution is 0.0919. The van der Waals surface area contributed by atoms with E-state index in [-0.39, 0.29) is 11.9 Å². The summed E-state index contributed by atoms with van der Waals surface area (Å²) >= 11 is 0. The molecule has 2 aromatic heterocycles. The Kier molecular flexibility index (Phi) is 3.97. The molecule has 0 saturated heterocycles. The van der Waals surface area contributed by atoms with E-state index in [0.29, 0.717) is 11.4 Å². The molecule has 1 N–H and O–H groups in total. The summed E-state index contributed by atoms with van der Waals surface area (Å²) in [5.41, 5.74) is 1.17. The van der Waals surface area contributed by atoms with Gasteiger partial charge in [-0.05, 0) is 18.6 Å². The molecule has 1 atom stereocenters. The highest BCUT2D eigenvalue weighted by Gasteiger charge is 2.24. The first kappa shape index (κ1) is 15.4. The van der Waals surface area contributed by atoms with Gasteiger partial charge in [-0.3, -0.25) is 4.79 Å². The molecule has 128 valence electrons. The number of benzene rings is 1. The zero-order valence-corrected chi connectivity index (χ0v) is 13.9. The van der Waals surface area contributed by atoms with Crippen LogP contribution in [0.25, 0.3) is 5.69 Å². The normalized spacial score (nSPS) is 16.3. The molecule has 0 fully saturated rings. The van der Waals surface area contributed by atoms with Crippen molar-refractivity contribution < 1.29 is 9.53 Å². The van der Waals surface area contributed by atoms with Gasteiger partial charge in [-0.15, -0.1) is 0 Å². The van der Waals surface area contributed by atoms with E-state index in [4.69, 9.17) is 4.74 Å². The van der Waals surface area contributed by atoms with Crippen molar-refractivity contribution in [3.63, 3.8) is 0 Å². The van der Waals surface area contributed by atoms with Crippen LogP contribution in [0.5, 0.6) is 5.75 Å². The summed E-state index contributed by atoms with van der Waals surface area (Å²) in [5.74, 6) is 1.30.